The summed E-state index contributed by atoms with van der Waals surface area (Å²) in [6.45, 7) is 8.85. The molecule has 8 heteroatoms. The zero-order valence-corrected chi connectivity index (χ0v) is 23.6. The topological polar surface area (TPSA) is 122 Å². The fraction of sp³-hybridized carbons (Fsp3) is 0.312. The number of pyridine rings is 1. The molecule has 1 amide bonds. The maximum absolute atomic E-state index is 13.6. The number of amides is 1. The van der Waals surface area contributed by atoms with Gasteiger partial charge in [-0.1, -0.05) is 31.2 Å². The molecule has 0 aliphatic heterocycles. The lowest BCUT2D eigenvalue weighted by molar-refractivity contribution is -0.122. The van der Waals surface area contributed by atoms with Crippen LogP contribution in [0.2, 0.25) is 0 Å². The van der Waals surface area contributed by atoms with Gasteiger partial charge in [0.05, 0.1) is 19.3 Å². The molecule has 40 heavy (non-hydrogen) atoms. The molecule has 8 nitrogen and oxygen atoms in total. The lowest BCUT2D eigenvalue weighted by atomic mass is 9.82. The molecule has 0 fully saturated rings. The number of benzene rings is 3. The van der Waals surface area contributed by atoms with Crippen LogP contribution in [-0.4, -0.2) is 30.2 Å². The number of anilines is 2. The number of carbonyl (C=O) groups excluding carboxylic acids is 1. The number of aromatic nitrogens is 1. The van der Waals surface area contributed by atoms with Crippen LogP contribution in [0.3, 0.4) is 0 Å². The van der Waals surface area contributed by atoms with E-state index in [1.165, 1.54) is 0 Å². The number of nitrogens with two attached hydrogens (primary N) is 2. The molecule has 0 spiro atoms. The van der Waals surface area contributed by atoms with Gasteiger partial charge in [-0.3, -0.25) is 4.79 Å². The number of rotatable bonds is 13. The Morgan fingerprint density at radius 2 is 1.77 bits per heavy atom. The first kappa shape index (κ1) is 28.5. The Balaban J connectivity index is 1.89. The zero-order valence-electron chi connectivity index (χ0n) is 23.6. The van der Waals surface area contributed by atoms with Crippen molar-refractivity contribution in [3.05, 3.63) is 84.1 Å². The van der Waals surface area contributed by atoms with E-state index in [0.717, 1.165) is 22.8 Å². The van der Waals surface area contributed by atoms with Gasteiger partial charge in [-0.15, -0.1) is 0 Å². The van der Waals surface area contributed by atoms with Gasteiger partial charge in [0.25, 0.3) is 0 Å². The predicted molar refractivity (Wildman–Crippen MR) is 160 cm³/mol. The summed E-state index contributed by atoms with van der Waals surface area (Å²) in [6.07, 6.45) is 2.70. The molecule has 0 radical (unpaired) electrons. The molecule has 0 bridgehead atoms. The van der Waals surface area contributed by atoms with Crippen LogP contribution < -0.4 is 31.0 Å². The highest BCUT2D eigenvalue weighted by molar-refractivity contribution is 5.95. The van der Waals surface area contributed by atoms with Gasteiger partial charge < -0.3 is 31.0 Å². The second kappa shape index (κ2) is 12.6. The van der Waals surface area contributed by atoms with E-state index in [2.05, 4.69) is 17.2 Å². The highest BCUT2D eigenvalue weighted by atomic mass is 16.5. The third kappa shape index (κ3) is 6.22. The van der Waals surface area contributed by atoms with Crippen molar-refractivity contribution in [3.63, 3.8) is 0 Å². The van der Waals surface area contributed by atoms with Crippen LogP contribution in [0.25, 0.3) is 10.8 Å². The van der Waals surface area contributed by atoms with Gasteiger partial charge in [0.15, 0.2) is 11.5 Å². The minimum Gasteiger partial charge on any atom is -0.493 e. The summed E-state index contributed by atoms with van der Waals surface area (Å²) < 4.78 is 18.0. The van der Waals surface area contributed by atoms with Crippen molar-refractivity contribution in [2.45, 2.75) is 52.2 Å². The Morgan fingerprint density at radius 3 is 2.50 bits per heavy atom. The quantitative estimate of drug-likeness (QED) is 0.194. The monoisotopic (exact) mass is 542 g/mol. The Labute approximate surface area is 235 Å². The van der Waals surface area contributed by atoms with E-state index in [1.807, 2.05) is 87.5 Å². The van der Waals surface area contributed by atoms with Crippen molar-refractivity contribution in [2.24, 2.45) is 5.73 Å². The fourth-order valence-corrected chi connectivity index (χ4v) is 4.72. The first-order valence-electron chi connectivity index (χ1n) is 13.6. The molecule has 0 saturated carbocycles. The van der Waals surface area contributed by atoms with Gasteiger partial charge in [-0.25, -0.2) is 4.98 Å². The minimum absolute atomic E-state index is 0.0498. The molecule has 1 aromatic heterocycles. The van der Waals surface area contributed by atoms with E-state index in [1.54, 1.807) is 6.20 Å². The summed E-state index contributed by atoms with van der Waals surface area (Å²) >= 11 is 0. The summed E-state index contributed by atoms with van der Waals surface area (Å²) in [5.41, 5.74) is 13.2. The fourth-order valence-electron chi connectivity index (χ4n) is 4.72. The summed E-state index contributed by atoms with van der Waals surface area (Å²) in [6, 6.07) is 20.8. The lowest BCUT2D eigenvalue weighted by Crippen LogP contribution is -2.49. The molecular weight excluding hydrogens is 504 g/mol. The van der Waals surface area contributed by atoms with E-state index < -0.39 is 11.4 Å². The molecular formula is C32H38N4O4. The van der Waals surface area contributed by atoms with E-state index in [4.69, 9.17) is 25.7 Å². The van der Waals surface area contributed by atoms with E-state index in [-0.39, 0.29) is 12.5 Å². The molecule has 3 aromatic carbocycles. The highest BCUT2D eigenvalue weighted by Gasteiger charge is 2.40. The predicted octanol–water partition coefficient (Wildman–Crippen LogP) is 5.83. The van der Waals surface area contributed by atoms with Crippen LogP contribution in [0.5, 0.6) is 17.2 Å². The van der Waals surface area contributed by atoms with E-state index in [9.17, 15) is 4.79 Å². The van der Waals surface area contributed by atoms with Crippen molar-refractivity contribution in [2.75, 3.05) is 24.3 Å². The lowest BCUT2D eigenvalue weighted by Gasteiger charge is -2.34. The SMILES string of the molecule is CCCOc1ccccc1CC(Nc1ccc2c(N)nccc2c1)(C(N)=O)c1ccc(OC(C)C)c(OCC)c1. The second-order valence-corrected chi connectivity index (χ2v) is 9.92. The van der Waals surface area contributed by atoms with Gasteiger partial charge in [-0.2, -0.15) is 0 Å². The Bertz CT molecular complexity index is 1470. The number of para-hydroxylation sites is 1. The van der Waals surface area contributed by atoms with Gasteiger partial charge in [0, 0.05) is 23.7 Å². The van der Waals surface area contributed by atoms with Crippen molar-refractivity contribution in [1.29, 1.82) is 0 Å². The normalized spacial score (nSPS) is 12.6. The first-order valence-corrected chi connectivity index (χ1v) is 13.6. The number of nitrogens with one attached hydrogen (secondary N) is 1. The number of nitrogens with zero attached hydrogens (tertiary/aromatic N) is 1. The summed E-state index contributed by atoms with van der Waals surface area (Å²) in [5, 5.41) is 5.20. The first-order chi connectivity index (χ1) is 19.3. The van der Waals surface area contributed by atoms with Crippen LogP contribution in [-0.2, 0) is 16.8 Å². The van der Waals surface area contributed by atoms with Gasteiger partial charge in [0.1, 0.15) is 17.1 Å². The molecule has 0 saturated heterocycles. The van der Waals surface area contributed by atoms with Crippen LogP contribution in [0.1, 0.15) is 45.2 Å². The van der Waals surface area contributed by atoms with E-state index >= 15 is 0 Å². The van der Waals surface area contributed by atoms with Crippen LogP contribution >= 0.6 is 0 Å². The summed E-state index contributed by atoms with van der Waals surface area (Å²) in [5.74, 6) is 1.73. The Kier molecular flexibility index (Phi) is 8.99. The number of ether oxygens (including phenoxy) is 3. The maximum Gasteiger partial charge on any atom is 0.248 e. The third-order valence-corrected chi connectivity index (χ3v) is 6.56. The molecule has 1 heterocycles. The molecule has 4 aromatic rings. The molecule has 210 valence electrons. The average Bonchev–Trinajstić information content (AvgIpc) is 2.93. The van der Waals surface area contributed by atoms with Gasteiger partial charge in [-0.05, 0) is 86.2 Å². The van der Waals surface area contributed by atoms with Crippen molar-refractivity contribution >= 4 is 28.2 Å². The number of hydrogen-bond donors (Lipinski definition) is 3. The van der Waals surface area contributed by atoms with Crippen LogP contribution in [0.15, 0.2) is 72.9 Å². The third-order valence-electron chi connectivity index (χ3n) is 6.56. The zero-order chi connectivity index (χ0) is 28.7. The van der Waals surface area contributed by atoms with E-state index in [0.29, 0.717) is 47.5 Å². The summed E-state index contributed by atoms with van der Waals surface area (Å²) in [4.78, 5) is 17.8. The highest BCUT2D eigenvalue weighted by Crippen LogP contribution is 2.39. The average molecular weight is 543 g/mol. The number of carbonyl (C=O) groups is 1. The molecule has 0 aliphatic rings. The molecule has 0 aliphatic carbocycles. The minimum atomic E-state index is -1.36. The number of hydrogen-bond acceptors (Lipinski definition) is 7. The smallest absolute Gasteiger partial charge is 0.248 e. The standard InChI is InChI=1S/C32H38N4O4/c1-5-17-39-27-10-8-7-9-23(27)20-32(31(34)37,24-11-14-28(40-21(3)4)29(19-24)38-6-2)36-25-12-13-26-22(18-25)15-16-35-30(26)33/h7-16,18-19,21,36H,5-6,17,20H2,1-4H3,(H2,33,35)(H2,34,37). The maximum atomic E-state index is 13.6. The summed E-state index contributed by atoms with van der Waals surface area (Å²) in [7, 11) is 0. The van der Waals surface area contributed by atoms with Gasteiger partial charge >= 0.3 is 0 Å². The Morgan fingerprint density at radius 1 is 0.975 bits per heavy atom. The van der Waals surface area contributed by atoms with Crippen molar-refractivity contribution in [3.8, 4) is 17.2 Å². The van der Waals surface area contributed by atoms with Crippen LogP contribution in [0.4, 0.5) is 11.5 Å². The van der Waals surface area contributed by atoms with Gasteiger partial charge in [0.2, 0.25) is 5.91 Å². The molecule has 4 rings (SSSR count). The molecule has 1 atom stereocenters. The molecule has 5 N–H and O–H groups in total. The van der Waals surface area contributed by atoms with Crippen molar-refractivity contribution in [1.82, 2.24) is 4.98 Å². The largest absolute Gasteiger partial charge is 0.493 e. The Hall–Kier alpha value is -4.46. The number of nitrogen functional groups attached to an aromatic ring is 1. The van der Waals surface area contributed by atoms with Crippen molar-refractivity contribution < 1.29 is 19.0 Å². The van der Waals surface area contributed by atoms with Crippen LogP contribution in [0, 0.1) is 0 Å². The number of fused-ring (bicyclic) bond motifs is 1. The second-order valence-electron chi connectivity index (χ2n) is 9.92. The molecule has 1 unspecified atom stereocenters. The number of primary amides is 1.